The Morgan fingerprint density at radius 2 is 1.66 bits per heavy atom. The first-order valence-corrected chi connectivity index (χ1v) is 10.1. The van der Waals surface area contributed by atoms with Gasteiger partial charge in [0.05, 0.1) is 0 Å². The minimum atomic E-state index is -1.51. The number of nitrogens with zero attached hydrogens (tertiary/aromatic N) is 1. The fourth-order valence-electron chi connectivity index (χ4n) is 2.42. The third kappa shape index (κ3) is 13.5. The number of aliphatic hydroxyl groups excluding tert-OH is 1. The van der Waals surface area contributed by atoms with Crippen molar-refractivity contribution in [2.75, 3.05) is 20.2 Å². The number of carbonyl (C=O) groups excluding carboxylic acids is 4. The summed E-state index contributed by atoms with van der Waals surface area (Å²) in [6.07, 6.45) is 10.3. The molecule has 1 fully saturated rings. The van der Waals surface area contributed by atoms with Crippen molar-refractivity contribution in [1.82, 2.24) is 10.2 Å². The number of allylic oxidation sites excluding steroid dienone is 3. The molecule has 0 atom stereocenters. The van der Waals surface area contributed by atoms with Gasteiger partial charge in [-0.05, 0) is 39.0 Å². The molecule has 0 unspecified atom stereocenters. The van der Waals surface area contributed by atoms with Crippen LogP contribution in [0.3, 0.4) is 0 Å². The number of aldehydes is 1. The Kier molecular flexibility index (Phi) is 17.6. The third-order valence-electron chi connectivity index (χ3n) is 4.51. The summed E-state index contributed by atoms with van der Waals surface area (Å²) in [5, 5.41) is 9.55. The van der Waals surface area contributed by atoms with Crippen molar-refractivity contribution in [2.24, 2.45) is 5.41 Å². The molecule has 32 heavy (non-hydrogen) atoms. The van der Waals surface area contributed by atoms with Gasteiger partial charge in [0.1, 0.15) is 12.1 Å². The number of imide groups is 1. The average Bonchev–Trinajstić information content (AvgIpc) is 3.08. The highest BCUT2D eigenvalue weighted by Gasteiger charge is 2.30. The molecule has 2 N–H and O–H groups in total. The van der Waals surface area contributed by atoms with E-state index in [0.717, 1.165) is 52.4 Å². The van der Waals surface area contributed by atoms with Crippen LogP contribution in [0.15, 0.2) is 36.2 Å². The van der Waals surface area contributed by atoms with E-state index < -0.39 is 17.5 Å². The number of rotatable bonds is 9. The standard InChI is InChI=1S/C10H14N2O3.C6H10O.C5H5F3.CH4O/c13-8-11-6-2-1-3-7-12-9(14)4-5-10(12)15;1-6(5-7)3-2-4-6;1-3(6)5(8)4(2)7;1-2/h4-5,8H,1-3,6-7H2,(H,11,13);5H,2-4H2,1H3;1H2,2H3;2H,1H3/b;;5-4-;. The lowest BCUT2D eigenvalue weighted by Gasteiger charge is -2.31. The number of hydrogen-bond acceptors (Lipinski definition) is 5. The van der Waals surface area contributed by atoms with Gasteiger partial charge in [-0.25, -0.2) is 13.2 Å². The molecule has 2 aliphatic rings. The number of aliphatic hydroxyl groups is 1. The highest BCUT2D eigenvalue weighted by Crippen LogP contribution is 2.37. The van der Waals surface area contributed by atoms with Crippen LogP contribution in [-0.2, 0) is 19.2 Å². The quantitative estimate of drug-likeness (QED) is 0.236. The van der Waals surface area contributed by atoms with Gasteiger partial charge in [0.15, 0.2) is 11.7 Å². The predicted molar refractivity (Wildman–Crippen MR) is 115 cm³/mol. The van der Waals surface area contributed by atoms with Gasteiger partial charge < -0.3 is 15.2 Å². The zero-order chi connectivity index (χ0) is 25.2. The summed E-state index contributed by atoms with van der Waals surface area (Å²) in [5.41, 5.74) is 0.0833. The van der Waals surface area contributed by atoms with E-state index in [9.17, 15) is 32.3 Å². The van der Waals surface area contributed by atoms with Crippen LogP contribution < -0.4 is 5.32 Å². The average molecular weight is 463 g/mol. The van der Waals surface area contributed by atoms with Crippen molar-refractivity contribution >= 4 is 24.5 Å². The Morgan fingerprint density at radius 3 is 1.94 bits per heavy atom. The topological polar surface area (TPSA) is 104 Å². The van der Waals surface area contributed by atoms with Crippen LogP contribution in [0.5, 0.6) is 0 Å². The molecule has 1 aliphatic heterocycles. The van der Waals surface area contributed by atoms with Gasteiger partial charge in [0, 0.05) is 37.8 Å². The van der Waals surface area contributed by atoms with E-state index in [0.29, 0.717) is 19.5 Å². The van der Waals surface area contributed by atoms with Crippen LogP contribution in [0, 0.1) is 5.41 Å². The predicted octanol–water partition coefficient (Wildman–Crippen LogP) is 3.45. The molecule has 1 saturated carbocycles. The van der Waals surface area contributed by atoms with E-state index >= 15 is 0 Å². The number of hydrogen-bond donors (Lipinski definition) is 2. The molecule has 0 aromatic carbocycles. The van der Waals surface area contributed by atoms with Gasteiger partial charge in [0.25, 0.3) is 11.8 Å². The minimum Gasteiger partial charge on any atom is -0.400 e. The summed E-state index contributed by atoms with van der Waals surface area (Å²) in [6, 6.07) is 0. The second-order valence-corrected chi connectivity index (χ2v) is 7.17. The fraction of sp³-hybridized carbons (Fsp3) is 0.545. The molecule has 10 heteroatoms. The maximum atomic E-state index is 11.7. The maximum Gasteiger partial charge on any atom is 0.253 e. The third-order valence-corrected chi connectivity index (χ3v) is 4.51. The lowest BCUT2D eigenvalue weighted by Crippen LogP contribution is -2.30. The van der Waals surface area contributed by atoms with Gasteiger partial charge >= 0.3 is 0 Å². The maximum absolute atomic E-state index is 11.7. The van der Waals surface area contributed by atoms with Gasteiger partial charge in [0.2, 0.25) is 6.41 Å². The summed E-state index contributed by atoms with van der Waals surface area (Å²) < 4.78 is 34.7. The monoisotopic (exact) mass is 462 g/mol. The van der Waals surface area contributed by atoms with Crippen LogP contribution in [0.4, 0.5) is 13.2 Å². The van der Waals surface area contributed by atoms with E-state index in [4.69, 9.17) is 5.11 Å². The Balaban J connectivity index is 0. The van der Waals surface area contributed by atoms with E-state index in [-0.39, 0.29) is 17.2 Å². The number of nitrogens with one attached hydrogen (secondary N) is 1. The molecular formula is C22H33F3N2O5. The molecular weight excluding hydrogens is 429 g/mol. The molecule has 0 saturated heterocycles. The van der Waals surface area contributed by atoms with Crippen molar-refractivity contribution < 1.29 is 37.5 Å². The summed E-state index contributed by atoms with van der Waals surface area (Å²) in [7, 11) is 1.00. The van der Waals surface area contributed by atoms with Crippen LogP contribution in [0.2, 0.25) is 0 Å². The van der Waals surface area contributed by atoms with Gasteiger partial charge in [-0.1, -0.05) is 19.9 Å². The molecule has 182 valence electrons. The van der Waals surface area contributed by atoms with Gasteiger partial charge in [-0.2, -0.15) is 0 Å². The first-order chi connectivity index (χ1) is 15.1. The number of unbranched alkanes of at least 4 members (excludes halogenated alkanes) is 2. The summed E-state index contributed by atoms with van der Waals surface area (Å²) >= 11 is 0. The lowest BCUT2D eigenvalue weighted by molar-refractivity contribution is -0.136. The molecule has 0 aromatic heterocycles. The van der Waals surface area contributed by atoms with Crippen LogP contribution in [0.1, 0.15) is 52.4 Å². The Bertz CT molecular complexity index is 667. The molecule has 1 heterocycles. The fourth-order valence-corrected chi connectivity index (χ4v) is 2.42. The zero-order valence-electron chi connectivity index (χ0n) is 18.8. The summed E-state index contributed by atoms with van der Waals surface area (Å²) in [5.74, 6) is -4.52. The van der Waals surface area contributed by atoms with E-state index in [1.165, 1.54) is 23.5 Å². The molecule has 1 aliphatic carbocycles. The highest BCUT2D eigenvalue weighted by atomic mass is 19.2. The van der Waals surface area contributed by atoms with E-state index in [1.807, 2.05) is 6.92 Å². The van der Waals surface area contributed by atoms with Gasteiger partial charge in [-0.15, -0.1) is 0 Å². The second kappa shape index (κ2) is 17.9. The van der Waals surface area contributed by atoms with Crippen LogP contribution >= 0.6 is 0 Å². The summed E-state index contributed by atoms with van der Waals surface area (Å²) in [4.78, 5) is 43.5. The van der Waals surface area contributed by atoms with Crippen molar-refractivity contribution in [2.45, 2.75) is 52.4 Å². The molecule has 7 nitrogen and oxygen atoms in total. The zero-order valence-corrected chi connectivity index (χ0v) is 18.8. The second-order valence-electron chi connectivity index (χ2n) is 7.17. The highest BCUT2D eigenvalue weighted by molar-refractivity contribution is 6.12. The van der Waals surface area contributed by atoms with E-state index in [1.54, 1.807) is 0 Å². The van der Waals surface area contributed by atoms with Crippen LogP contribution in [0.25, 0.3) is 0 Å². The van der Waals surface area contributed by atoms with Crippen molar-refractivity contribution in [3.63, 3.8) is 0 Å². The first kappa shape index (κ1) is 31.4. The number of amides is 3. The van der Waals surface area contributed by atoms with E-state index in [2.05, 4.69) is 11.9 Å². The Morgan fingerprint density at radius 1 is 1.12 bits per heavy atom. The lowest BCUT2D eigenvalue weighted by atomic mass is 9.72. The van der Waals surface area contributed by atoms with Gasteiger partial charge in [-0.3, -0.25) is 19.3 Å². The van der Waals surface area contributed by atoms with Crippen molar-refractivity contribution in [3.8, 4) is 0 Å². The smallest absolute Gasteiger partial charge is 0.253 e. The molecule has 0 bridgehead atoms. The SMILES string of the molecule is C=C(F)/C(F)=C(\C)F.CC1(C=O)CCC1.CO.O=CNCCCCCN1C(=O)C=CC1=O. The Hall–Kier alpha value is -2.75. The molecule has 0 spiro atoms. The molecule has 0 aromatic rings. The molecule has 2 rings (SSSR count). The number of carbonyl (C=O) groups is 4. The molecule has 0 radical (unpaired) electrons. The number of halogens is 3. The minimum absolute atomic E-state index is 0.0833. The Labute approximate surface area is 187 Å². The molecule has 3 amide bonds. The largest absolute Gasteiger partial charge is 0.400 e. The first-order valence-electron chi connectivity index (χ1n) is 10.1. The summed E-state index contributed by atoms with van der Waals surface area (Å²) in [6.45, 7) is 6.48. The van der Waals surface area contributed by atoms with Crippen molar-refractivity contribution in [1.29, 1.82) is 0 Å². The van der Waals surface area contributed by atoms with Crippen LogP contribution in [-0.4, -0.2) is 54.7 Å². The van der Waals surface area contributed by atoms with Crippen molar-refractivity contribution in [3.05, 3.63) is 36.2 Å². The normalized spacial score (nSPS) is 16.0.